The fourth-order valence-corrected chi connectivity index (χ4v) is 3.02. The van der Waals surface area contributed by atoms with Gasteiger partial charge in [0.05, 0.1) is 16.0 Å². The van der Waals surface area contributed by atoms with Gasteiger partial charge in [0.1, 0.15) is 0 Å². The first-order valence-electron chi connectivity index (χ1n) is 7.31. The Balaban J connectivity index is 1.91. The summed E-state index contributed by atoms with van der Waals surface area (Å²) in [5.41, 5.74) is 1.37. The minimum Gasteiger partial charge on any atom is -0.465 e. The zero-order chi connectivity index (χ0) is 16.6. The Morgan fingerprint density at radius 3 is 3.00 bits per heavy atom. The molecule has 1 aromatic heterocycles. The fourth-order valence-electron chi connectivity index (χ4n) is 3.02. The van der Waals surface area contributed by atoms with E-state index in [0.717, 1.165) is 24.9 Å². The third-order valence-electron chi connectivity index (χ3n) is 4.08. The van der Waals surface area contributed by atoms with Gasteiger partial charge in [-0.3, -0.25) is 10.1 Å². The van der Waals surface area contributed by atoms with Crippen LogP contribution in [-0.4, -0.2) is 44.8 Å². The number of aromatic nitrogens is 2. The lowest BCUT2D eigenvalue weighted by Crippen LogP contribution is -2.48. The summed E-state index contributed by atoms with van der Waals surface area (Å²) in [7, 11) is 1.85. The average Bonchev–Trinajstić information content (AvgIpc) is 2.83. The molecule has 1 aliphatic rings. The third-order valence-corrected chi connectivity index (χ3v) is 4.08. The Morgan fingerprint density at radius 1 is 1.52 bits per heavy atom. The molecule has 1 aliphatic heterocycles. The molecule has 1 aromatic carbocycles. The summed E-state index contributed by atoms with van der Waals surface area (Å²) in [5, 5.41) is 22.2. The van der Waals surface area contributed by atoms with Crippen LogP contribution in [0.3, 0.4) is 0 Å². The summed E-state index contributed by atoms with van der Waals surface area (Å²) in [6.07, 6.45) is 0.615. The lowest BCUT2D eigenvalue weighted by Gasteiger charge is -2.33. The van der Waals surface area contributed by atoms with Gasteiger partial charge in [0.15, 0.2) is 0 Å². The number of carbonyl (C=O) groups is 1. The van der Waals surface area contributed by atoms with Crippen LogP contribution >= 0.6 is 0 Å². The molecule has 9 nitrogen and oxygen atoms in total. The van der Waals surface area contributed by atoms with Crippen LogP contribution in [0.25, 0.3) is 11.0 Å². The smallest absolute Gasteiger partial charge is 0.404 e. The highest BCUT2D eigenvalue weighted by Gasteiger charge is 2.25. The van der Waals surface area contributed by atoms with Crippen molar-refractivity contribution in [2.75, 3.05) is 18.0 Å². The van der Waals surface area contributed by atoms with E-state index in [-0.39, 0.29) is 11.7 Å². The number of amides is 1. The van der Waals surface area contributed by atoms with E-state index < -0.39 is 11.0 Å². The molecule has 3 rings (SSSR count). The van der Waals surface area contributed by atoms with Crippen LogP contribution < -0.4 is 10.2 Å². The van der Waals surface area contributed by atoms with Crippen LogP contribution in [0.1, 0.15) is 12.8 Å². The monoisotopic (exact) mass is 319 g/mol. The van der Waals surface area contributed by atoms with E-state index in [4.69, 9.17) is 5.11 Å². The van der Waals surface area contributed by atoms with Crippen LogP contribution in [0.15, 0.2) is 18.2 Å². The van der Waals surface area contributed by atoms with Crippen LogP contribution in [0.2, 0.25) is 0 Å². The van der Waals surface area contributed by atoms with Crippen molar-refractivity contribution in [3.05, 3.63) is 28.3 Å². The number of nitrogens with zero attached hydrogens (tertiary/aromatic N) is 4. The Labute approximate surface area is 131 Å². The molecule has 0 bridgehead atoms. The lowest BCUT2D eigenvalue weighted by atomic mass is 10.1. The number of imidazole rings is 1. The van der Waals surface area contributed by atoms with Crippen LogP contribution in [-0.2, 0) is 7.05 Å². The van der Waals surface area contributed by atoms with E-state index in [2.05, 4.69) is 10.3 Å². The predicted octanol–water partition coefficient (Wildman–Crippen LogP) is 1.72. The average molecular weight is 319 g/mol. The molecule has 1 fully saturated rings. The number of benzene rings is 1. The molecule has 2 N–H and O–H groups in total. The van der Waals surface area contributed by atoms with E-state index in [1.165, 1.54) is 12.1 Å². The first-order valence-corrected chi connectivity index (χ1v) is 7.31. The minimum absolute atomic E-state index is 0.00575. The van der Waals surface area contributed by atoms with Crippen molar-refractivity contribution in [3.63, 3.8) is 0 Å². The first-order chi connectivity index (χ1) is 11.0. The van der Waals surface area contributed by atoms with Gasteiger partial charge in [-0.1, -0.05) is 0 Å². The maximum Gasteiger partial charge on any atom is 0.404 e. The van der Waals surface area contributed by atoms with Gasteiger partial charge < -0.3 is 19.9 Å². The molecular weight excluding hydrogens is 302 g/mol. The second kappa shape index (κ2) is 5.75. The van der Waals surface area contributed by atoms with Crippen molar-refractivity contribution in [1.29, 1.82) is 0 Å². The van der Waals surface area contributed by atoms with Gasteiger partial charge in [-0.25, -0.2) is 9.78 Å². The van der Waals surface area contributed by atoms with Crippen molar-refractivity contribution in [2.45, 2.75) is 18.9 Å². The molecule has 0 saturated carbocycles. The molecule has 23 heavy (non-hydrogen) atoms. The summed E-state index contributed by atoms with van der Waals surface area (Å²) >= 11 is 0. The summed E-state index contributed by atoms with van der Waals surface area (Å²) in [4.78, 5) is 27.8. The number of fused-ring (bicyclic) bond motifs is 1. The first kappa shape index (κ1) is 15.1. The number of piperidine rings is 1. The quantitative estimate of drug-likeness (QED) is 0.657. The molecule has 2 heterocycles. The van der Waals surface area contributed by atoms with Crippen LogP contribution in [0, 0.1) is 10.1 Å². The van der Waals surface area contributed by atoms with E-state index in [9.17, 15) is 14.9 Å². The van der Waals surface area contributed by atoms with Gasteiger partial charge in [-0.15, -0.1) is 0 Å². The molecule has 122 valence electrons. The van der Waals surface area contributed by atoms with Crippen LogP contribution in [0.4, 0.5) is 16.4 Å². The number of aryl methyl sites for hydroxylation is 1. The Bertz CT molecular complexity index is 772. The van der Waals surface area contributed by atoms with Gasteiger partial charge in [0.25, 0.3) is 5.69 Å². The van der Waals surface area contributed by atoms with Gasteiger partial charge in [0, 0.05) is 38.3 Å². The normalized spacial score (nSPS) is 18.1. The largest absolute Gasteiger partial charge is 0.465 e. The molecule has 2 aromatic rings. The Kier molecular flexibility index (Phi) is 3.77. The minimum atomic E-state index is -1.03. The second-order valence-electron chi connectivity index (χ2n) is 5.64. The van der Waals surface area contributed by atoms with E-state index in [1.54, 1.807) is 6.07 Å². The van der Waals surface area contributed by atoms with Crippen molar-refractivity contribution in [3.8, 4) is 0 Å². The van der Waals surface area contributed by atoms with Crippen molar-refractivity contribution >= 4 is 28.8 Å². The maximum absolute atomic E-state index is 10.9. The van der Waals surface area contributed by atoms with Crippen molar-refractivity contribution < 1.29 is 14.8 Å². The molecule has 0 radical (unpaired) electrons. The van der Waals surface area contributed by atoms with Gasteiger partial charge >= 0.3 is 6.09 Å². The topological polar surface area (TPSA) is 114 Å². The fraction of sp³-hybridized carbons (Fsp3) is 0.429. The second-order valence-corrected chi connectivity index (χ2v) is 5.64. The molecular formula is C14H17N5O4. The van der Waals surface area contributed by atoms with Crippen molar-refractivity contribution in [1.82, 2.24) is 14.9 Å². The summed E-state index contributed by atoms with van der Waals surface area (Å²) in [6, 6.07) is 4.45. The van der Waals surface area contributed by atoms with Crippen molar-refractivity contribution in [2.24, 2.45) is 7.05 Å². The number of rotatable bonds is 3. The zero-order valence-electron chi connectivity index (χ0n) is 12.6. The molecule has 0 aliphatic carbocycles. The van der Waals surface area contributed by atoms with Crippen LogP contribution in [0.5, 0.6) is 0 Å². The molecule has 1 atom stereocenters. The lowest BCUT2D eigenvalue weighted by molar-refractivity contribution is -0.384. The van der Waals surface area contributed by atoms with E-state index in [0.29, 0.717) is 18.0 Å². The maximum atomic E-state index is 10.9. The standard InChI is InChI=1S/C14H17N5O4/c1-17-12-5-4-10(19(22)23)7-11(12)16-13(17)18-6-2-3-9(8-18)15-14(20)21/h4-5,7,9,15H,2-3,6,8H2,1H3,(H,20,21). The number of hydrogen-bond donors (Lipinski definition) is 2. The number of carboxylic acid groups (broad SMARTS) is 1. The predicted molar refractivity (Wildman–Crippen MR) is 83.8 cm³/mol. The van der Waals surface area contributed by atoms with Gasteiger partial charge in [-0.2, -0.15) is 0 Å². The molecule has 0 spiro atoms. The number of non-ortho nitro benzene ring substituents is 1. The number of hydrogen-bond acceptors (Lipinski definition) is 5. The number of nitro benzene ring substituents is 1. The highest BCUT2D eigenvalue weighted by molar-refractivity contribution is 5.81. The molecule has 1 unspecified atom stereocenters. The molecule has 1 saturated heterocycles. The van der Waals surface area contributed by atoms with Gasteiger partial charge in [-0.05, 0) is 18.9 Å². The summed E-state index contributed by atoms with van der Waals surface area (Å²) in [5.74, 6) is 0.692. The van der Waals surface area contributed by atoms with Gasteiger partial charge in [0.2, 0.25) is 5.95 Å². The number of nitrogens with one attached hydrogen (secondary N) is 1. The number of nitro groups is 1. The Hall–Kier alpha value is -2.84. The zero-order valence-corrected chi connectivity index (χ0v) is 12.6. The Morgan fingerprint density at radius 2 is 2.30 bits per heavy atom. The van der Waals surface area contributed by atoms with E-state index in [1.807, 2.05) is 16.5 Å². The molecule has 1 amide bonds. The summed E-state index contributed by atoms with van der Waals surface area (Å²) < 4.78 is 1.88. The van der Waals surface area contributed by atoms with E-state index >= 15 is 0 Å². The SMILES string of the molecule is Cn1c(N2CCCC(NC(=O)O)C2)nc2cc([N+](=O)[O-])ccc21. The third kappa shape index (κ3) is 2.89. The molecule has 9 heteroatoms. The summed E-state index contributed by atoms with van der Waals surface area (Å²) in [6.45, 7) is 1.31. The highest BCUT2D eigenvalue weighted by atomic mass is 16.6. The number of anilines is 1. The highest BCUT2D eigenvalue weighted by Crippen LogP contribution is 2.26.